The molecule has 0 radical (unpaired) electrons. The number of aromatic nitrogens is 2. The minimum Gasteiger partial charge on any atom is -0.271 e. The Morgan fingerprint density at radius 3 is 2.65 bits per heavy atom. The molecule has 20 heavy (non-hydrogen) atoms. The molecular formula is C13H15ClF2N4. The maximum atomic E-state index is 13.8. The van der Waals surface area contributed by atoms with Crippen LogP contribution in [0.2, 0.25) is 5.15 Å². The molecule has 4 nitrogen and oxygen atoms in total. The maximum absolute atomic E-state index is 13.8. The monoisotopic (exact) mass is 300 g/mol. The quantitative estimate of drug-likeness (QED) is 0.673. The Labute approximate surface area is 120 Å². The van der Waals surface area contributed by atoms with Crippen molar-refractivity contribution in [3.05, 3.63) is 51.8 Å². The number of nitrogens with one attached hydrogen (secondary N) is 1. The first-order chi connectivity index (χ1) is 9.43. The minimum atomic E-state index is -0.648. The molecule has 1 aromatic heterocycles. The Bertz CT molecular complexity index is 627. The van der Waals surface area contributed by atoms with Gasteiger partial charge in [-0.2, -0.15) is 5.10 Å². The average Bonchev–Trinajstić information content (AvgIpc) is 2.62. The van der Waals surface area contributed by atoms with E-state index < -0.39 is 17.7 Å². The van der Waals surface area contributed by atoms with Gasteiger partial charge >= 0.3 is 0 Å². The summed E-state index contributed by atoms with van der Waals surface area (Å²) in [6, 6.07) is 2.88. The van der Waals surface area contributed by atoms with Crippen molar-refractivity contribution >= 4 is 11.6 Å². The molecule has 2 rings (SSSR count). The zero-order valence-electron chi connectivity index (χ0n) is 11.1. The van der Waals surface area contributed by atoms with Crippen molar-refractivity contribution in [2.75, 3.05) is 0 Å². The molecule has 0 aliphatic rings. The molecule has 0 saturated heterocycles. The van der Waals surface area contributed by atoms with Crippen LogP contribution in [0, 0.1) is 18.6 Å². The second kappa shape index (κ2) is 5.87. The van der Waals surface area contributed by atoms with Crippen LogP contribution in [0.25, 0.3) is 0 Å². The number of benzene rings is 1. The van der Waals surface area contributed by atoms with E-state index in [0.717, 1.165) is 17.3 Å². The van der Waals surface area contributed by atoms with Gasteiger partial charge in [0.05, 0.1) is 11.7 Å². The molecule has 2 aromatic rings. The molecule has 0 saturated carbocycles. The summed E-state index contributed by atoms with van der Waals surface area (Å²) in [5.41, 5.74) is 4.35. The summed E-state index contributed by atoms with van der Waals surface area (Å²) in [7, 11) is 1.72. The first-order valence-corrected chi connectivity index (χ1v) is 6.41. The van der Waals surface area contributed by atoms with Gasteiger partial charge in [-0.1, -0.05) is 17.7 Å². The summed E-state index contributed by atoms with van der Waals surface area (Å²) < 4.78 is 28.3. The highest BCUT2D eigenvalue weighted by Crippen LogP contribution is 2.26. The number of nitrogens with zero attached hydrogens (tertiary/aromatic N) is 2. The maximum Gasteiger partial charge on any atom is 0.130 e. The Balaban J connectivity index is 2.33. The summed E-state index contributed by atoms with van der Waals surface area (Å²) in [6.45, 7) is 1.82. The van der Waals surface area contributed by atoms with E-state index in [1.165, 1.54) is 12.1 Å². The molecule has 0 aliphatic heterocycles. The molecule has 0 aliphatic carbocycles. The minimum absolute atomic E-state index is 0.285. The highest BCUT2D eigenvalue weighted by Gasteiger charge is 2.20. The van der Waals surface area contributed by atoms with Crippen LogP contribution in [0.5, 0.6) is 0 Å². The lowest BCUT2D eigenvalue weighted by molar-refractivity contribution is 0.502. The van der Waals surface area contributed by atoms with Gasteiger partial charge in [0.15, 0.2) is 0 Å². The zero-order valence-corrected chi connectivity index (χ0v) is 11.9. The van der Waals surface area contributed by atoms with Crippen LogP contribution < -0.4 is 11.3 Å². The zero-order chi connectivity index (χ0) is 14.9. The van der Waals surface area contributed by atoms with Crippen molar-refractivity contribution in [2.45, 2.75) is 19.4 Å². The van der Waals surface area contributed by atoms with Crippen molar-refractivity contribution in [3.8, 4) is 0 Å². The number of nitrogens with two attached hydrogens (primary N) is 1. The highest BCUT2D eigenvalue weighted by molar-refractivity contribution is 6.30. The van der Waals surface area contributed by atoms with Gasteiger partial charge in [-0.05, 0) is 19.4 Å². The molecule has 1 heterocycles. The summed E-state index contributed by atoms with van der Waals surface area (Å²) >= 11 is 6.15. The number of hydrazine groups is 1. The van der Waals surface area contributed by atoms with E-state index in [0.29, 0.717) is 11.6 Å². The largest absolute Gasteiger partial charge is 0.271 e. The molecule has 0 spiro atoms. The van der Waals surface area contributed by atoms with Crippen LogP contribution in [0.3, 0.4) is 0 Å². The molecule has 3 N–H and O–H groups in total. The van der Waals surface area contributed by atoms with Gasteiger partial charge in [-0.25, -0.2) is 8.78 Å². The van der Waals surface area contributed by atoms with Crippen LogP contribution in [0.1, 0.15) is 22.9 Å². The molecule has 1 aromatic carbocycles. The van der Waals surface area contributed by atoms with Crippen LogP contribution in [0.4, 0.5) is 8.78 Å². The SMILES string of the molecule is Cc1nn(C)c(Cl)c1CC(NN)c1ccc(F)cc1F. The first kappa shape index (κ1) is 14.9. The third-order valence-electron chi connectivity index (χ3n) is 3.22. The number of hydrogen-bond acceptors (Lipinski definition) is 3. The average molecular weight is 301 g/mol. The fourth-order valence-electron chi connectivity index (χ4n) is 2.15. The van der Waals surface area contributed by atoms with Gasteiger partial charge in [-0.15, -0.1) is 0 Å². The second-order valence-corrected chi connectivity index (χ2v) is 4.93. The lowest BCUT2D eigenvalue weighted by Gasteiger charge is -2.17. The van der Waals surface area contributed by atoms with Crippen molar-refractivity contribution in [1.29, 1.82) is 0 Å². The van der Waals surface area contributed by atoms with Gasteiger partial charge < -0.3 is 0 Å². The third-order valence-corrected chi connectivity index (χ3v) is 3.69. The standard InChI is InChI=1S/C13H15ClF2N4/c1-7-10(13(14)20(2)19-7)6-12(18-17)9-4-3-8(15)5-11(9)16/h3-5,12,18H,6,17H2,1-2H3. The van der Waals surface area contributed by atoms with Gasteiger partial charge in [-0.3, -0.25) is 16.0 Å². The predicted molar refractivity (Wildman–Crippen MR) is 73.1 cm³/mol. The molecule has 1 unspecified atom stereocenters. The Morgan fingerprint density at radius 2 is 2.15 bits per heavy atom. The van der Waals surface area contributed by atoms with Crippen molar-refractivity contribution in [2.24, 2.45) is 12.9 Å². The van der Waals surface area contributed by atoms with Gasteiger partial charge in [0.2, 0.25) is 0 Å². The number of hydrogen-bond donors (Lipinski definition) is 2. The fraction of sp³-hybridized carbons (Fsp3) is 0.308. The lowest BCUT2D eigenvalue weighted by atomic mass is 9.99. The number of rotatable bonds is 4. The molecule has 1 atom stereocenters. The number of aryl methyl sites for hydroxylation is 2. The van der Waals surface area contributed by atoms with E-state index in [9.17, 15) is 8.78 Å². The molecule has 0 bridgehead atoms. The van der Waals surface area contributed by atoms with Crippen molar-refractivity contribution in [3.63, 3.8) is 0 Å². The van der Waals surface area contributed by atoms with Crippen molar-refractivity contribution < 1.29 is 8.78 Å². The van der Waals surface area contributed by atoms with E-state index >= 15 is 0 Å². The highest BCUT2D eigenvalue weighted by atomic mass is 35.5. The Kier molecular flexibility index (Phi) is 4.37. The predicted octanol–water partition coefficient (Wildman–Crippen LogP) is 2.41. The molecule has 7 heteroatoms. The smallest absolute Gasteiger partial charge is 0.130 e. The fourth-order valence-corrected chi connectivity index (χ4v) is 2.40. The van der Waals surface area contributed by atoms with Gasteiger partial charge in [0, 0.05) is 24.2 Å². The first-order valence-electron chi connectivity index (χ1n) is 6.03. The molecule has 108 valence electrons. The molecule has 0 fully saturated rings. The lowest BCUT2D eigenvalue weighted by Crippen LogP contribution is -2.30. The Morgan fingerprint density at radius 1 is 1.45 bits per heavy atom. The molecular weight excluding hydrogens is 286 g/mol. The summed E-state index contributed by atoms with van der Waals surface area (Å²) in [6.07, 6.45) is 0.359. The van der Waals surface area contributed by atoms with E-state index in [4.69, 9.17) is 17.4 Å². The van der Waals surface area contributed by atoms with Gasteiger partial charge in [0.1, 0.15) is 16.8 Å². The van der Waals surface area contributed by atoms with Crippen molar-refractivity contribution in [1.82, 2.24) is 15.2 Å². The normalized spacial score (nSPS) is 12.7. The summed E-state index contributed by atoms with van der Waals surface area (Å²) in [5, 5.41) is 4.67. The topological polar surface area (TPSA) is 55.9 Å². The summed E-state index contributed by atoms with van der Waals surface area (Å²) in [5.74, 6) is 4.21. The number of halogens is 3. The van der Waals surface area contributed by atoms with Crippen LogP contribution in [-0.2, 0) is 13.5 Å². The third kappa shape index (κ3) is 2.82. The second-order valence-electron chi connectivity index (χ2n) is 4.57. The van der Waals surface area contributed by atoms with E-state index in [-0.39, 0.29) is 5.56 Å². The van der Waals surface area contributed by atoms with Crippen LogP contribution in [0.15, 0.2) is 18.2 Å². The molecule has 0 amide bonds. The Hall–Kier alpha value is -1.50. The van der Waals surface area contributed by atoms with E-state index in [2.05, 4.69) is 10.5 Å². The van der Waals surface area contributed by atoms with Crippen LogP contribution >= 0.6 is 11.6 Å². The van der Waals surface area contributed by atoms with E-state index in [1.807, 2.05) is 6.92 Å². The summed E-state index contributed by atoms with van der Waals surface area (Å²) in [4.78, 5) is 0. The van der Waals surface area contributed by atoms with Gasteiger partial charge in [0.25, 0.3) is 0 Å². The van der Waals surface area contributed by atoms with E-state index in [1.54, 1.807) is 11.7 Å². The van der Waals surface area contributed by atoms with Crippen LogP contribution in [-0.4, -0.2) is 9.78 Å².